The van der Waals surface area contributed by atoms with Crippen LogP contribution in [0.25, 0.3) is 10.8 Å². The second kappa shape index (κ2) is 8.88. The first-order valence-electron chi connectivity index (χ1n) is 9.13. The number of hydrogen-bond acceptors (Lipinski definition) is 8. The van der Waals surface area contributed by atoms with Gasteiger partial charge in [0.15, 0.2) is 11.8 Å². The normalized spacial score (nSPS) is 14.8. The van der Waals surface area contributed by atoms with Crippen molar-refractivity contribution in [2.45, 2.75) is 0 Å². The van der Waals surface area contributed by atoms with Crippen molar-refractivity contribution in [1.29, 1.82) is 0 Å². The van der Waals surface area contributed by atoms with Gasteiger partial charge in [0.05, 0.1) is 29.3 Å². The van der Waals surface area contributed by atoms with Crippen molar-refractivity contribution in [3.8, 4) is 11.6 Å². The van der Waals surface area contributed by atoms with Gasteiger partial charge in [-0.25, -0.2) is 10.5 Å². The number of benzene rings is 2. The molecule has 0 atom stereocenters. The molecule has 2 amide bonds. The highest BCUT2D eigenvalue weighted by Crippen LogP contribution is 2.28. The number of hydrazone groups is 1. The summed E-state index contributed by atoms with van der Waals surface area (Å²) in [7, 11) is 1.56. The fraction of sp³-hybridized carbons (Fsp3) is 0.150. The molecule has 1 aliphatic rings. The van der Waals surface area contributed by atoms with Gasteiger partial charge in [0.1, 0.15) is 5.75 Å². The molecular weight excluding hydrogens is 422 g/mol. The third-order valence-electron chi connectivity index (χ3n) is 4.37. The fourth-order valence-electron chi connectivity index (χ4n) is 2.91. The van der Waals surface area contributed by atoms with E-state index < -0.39 is 5.91 Å². The van der Waals surface area contributed by atoms with Gasteiger partial charge in [-0.1, -0.05) is 23.9 Å². The van der Waals surface area contributed by atoms with Crippen LogP contribution >= 0.6 is 11.8 Å². The number of anilines is 1. The lowest BCUT2D eigenvalue weighted by Crippen LogP contribution is -2.32. The Kier molecular flexibility index (Phi) is 5.85. The first kappa shape index (κ1) is 20.4. The summed E-state index contributed by atoms with van der Waals surface area (Å²) < 4.78 is 10.6. The van der Waals surface area contributed by atoms with E-state index in [9.17, 15) is 14.4 Å². The van der Waals surface area contributed by atoms with Crippen molar-refractivity contribution in [2.75, 3.05) is 24.4 Å². The summed E-state index contributed by atoms with van der Waals surface area (Å²) in [6.45, 7) is -0.374. The van der Waals surface area contributed by atoms with Crippen molar-refractivity contribution in [3.05, 3.63) is 58.9 Å². The summed E-state index contributed by atoms with van der Waals surface area (Å²) in [6, 6.07) is 13.7. The molecular formula is C20H17N5O5S. The SMILES string of the molecule is COc1ccc(N2C(=O)CS/C2=N\NC(=O)COc2n[nH]c(=O)c3ccccc23)cc1. The average Bonchev–Trinajstić information content (AvgIpc) is 3.17. The Morgan fingerprint density at radius 3 is 2.68 bits per heavy atom. The number of ether oxygens (including phenoxy) is 2. The number of carbonyl (C=O) groups excluding carboxylic acids is 2. The zero-order valence-electron chi connectivity index (χ0n) is 16.3. The molecule has 3 aromatic rings. The van der Waals surface area contributed by atoms with Crippen molar-refractivity contribution >= 4 is 45.2 Å². The van der Waals surface area contributed by atoms with Crippen molar-refractivity contribution < 1.29 is 19.1 Å². The molecule has 2 aromatic carbocycles. The van der Waals surface area contributed by atoms with Crippen LogP contribution in [-0.2, 0) is 9.59 Å². The number of amidine groups is 1. The van der Waals surface area contributed by atoms with Gasteiger partial charge in [0.2, 0.25) is 11.8 Å². The highest BCUT2D eigenvalue weighted by Gasteiger charge is 2.30. The number of fused-ring (bicyclic) bond motifs is 1. The van der Waals surface area contributed by atoms with E-state index in [1.807, 2.05) is 0 Å². The summed E-state index contributed by atoms with van der Waals surface area (Å²) in [5, 5.41) is 11.5. The Morgan fingerprint density at radius 1 is 1.19 bits per heavy atom. The minimum atomic E-state index is -0.542. The number of H-pyrrole nitrogens is 1. The summed E-state index contributed by atoms with van der Waals surface area (Å²) in [5.74, 6) is 0.311. The molecule has 0 spiro atoms. The Morgan fingerprint density at radius 2 is 1.94 bits per heavy atom. The van der Waals surface area contributed by atoms with Crippen LogP contribution in [0.15, 0.2) is 58.4 Å². The molecule has 1 fully saturated rings. The number of rotatable bonds is 6. The average molecular weight is 439 g/mol. The topological polar surface area (TPSA) is 126 Å². The van der Waals surface area contributed by atoms with E-state index in [-0.39, 0.29) is 29.7 Å². The van der Waals surface area contributed by atoms with Crippen LogP contribution in [-0.4, -0.2) is 46.6 Å². The predicted molar refractivity (Wildman–Crippen MR) is 116 cm³/mol. The zero-order chi connectivity index (χ0) is 21.8. The molecule has 0 radical (unpaired) electrons. The number of nitrogens with zero attached hydrogens (tertiary/aromatic N) is 3. The first-order valence-corrected chi connectivity index (χ1v) is 10.1. The number of hydrogen-bond donors (Lipinski definition) is 2. The second-order valence-corrected chi connectivity index (χ2v) is 7.28. The van der Waals surface area contributed by atoms with Gasteiger partial charge in [-0.05, 0) is 36.4 Å². The second-order valence-electron chi connectivity index (χ2n) is 6.34. The molecule has 1 aromatic heterocycles. The lowest BCUT2D eigenvalue weighted by molar-refractivity contribution is -0.123. The summed E-state index contributed by atoms with van der Waals surface area (Å²) >= 11 is 1.21. The van der Waals surface area contributed by atoms with E-state index in [0.29, 0.717) is 27.4 Å². The number of methoxy groups -OCH3 is 1. The third kappa shape index (κ3) is 4.36. The largest absolute Gasteiger partial charge is 0.497 e. The van der Waals surface area contributed by atoms with E-state index in [2.05, 4.69) is 20.7 Å². The van der Waals surface area contributed by atoms with Crippen molar-refractivity contribution in [2.24, 2.45) is 5.10 Å². The minimum absolute atomic E-state index is 0.128. The monoisotopic (exact) mass is 439 g/mol. The Bertz CT molecular complexity index is 1220. The van der Waals surface area contributed by atoms with E-state index >= 15 is 0 Å². The van der Waals surface area contributed by atoms with Gasteiger partial charge >= 0.3 is 0 Å². The van der Waals surface area contributed by atoms with Crippen LogP contribution in [0.3, 0.4) is 0 Å². The molecule has 0 bridgehead atoms. The van der Waals surface area contributed by atoms with E-state index in [1.54, 1.807) is 55.6 Å². The van der Waals surface area contributed by atoms with Gasteiger partial charge in [0.25, 0.3) is 11.5 Å². The van der Waals surface area contributed by atoms with Crippen molar-refractivity contribution in [1.82, 2.24) is 15.6 Å². The smallest absolute Gasteiger partial charge is 0.278 e. The summed E-state index contributed by atoms with van der Waals surface area (Å²) in [4.78, 5) is 37.7. The van der Waals surface area contributed by atoms with Gasteiger partial charge in [0, 0.05) is 0 Å². The molecule has 0 aliphatic carbocycles. The Labute approximate surface area is 180 Å². The molecule has 4 rings (SSSR count). The van der Waals surface area contributed by atoms with Crippen LogP contribution < -0.4 is 25.4 Å². The highest BCUT2D eigenvalue weighted by atomic mass is 32.2. The zero-order valence-corrected chi connectivity index (χ0v) is 17.1. The lowest BCUT2D eigenvalue weighted by atomic mass is 10.2. The summed E-state index contributed by atoms with van der Waals surface area (Å²) in [5.41, 5.74) is 2.65. The lowest BCUT2D eigenvalue weighted by Gasteiger charge is -2.16. The maximum atomic E-state index is 12.3. The maximum absolute atomic E-state index is 12.3. The predicted octanol–water partition coefficient (Wildman–Crippen LogP) is 1.48. The number of amides is 2. The fourth-order valence-corrected chi connectivity index (χ4v) is 3.73. The molecule has 10 nitrogen and oxygen atoms in total. The number of carbonyl (C=O) groups is 2. The van der Waals surface area contributed by atoms with E-state index in [1.165, 1.54) is 16.7 Å². The minimum Gasteiger partial charge on any atom is -0.497 e. The van der Waals surface area contributed by atoms with Gasteiger partial charge in [-0.2, -0.15) is 0 Å². The molecule has 11 heteroatoms. The molecule has 2 N–H and O–H groups in total. The van der Waals surface area contributed by atoms with Crippen LogP contribution in [0.4, 0.5) is 5.69 Å². The summed E-state index contributed by atoms with van der Waals surface area (Å²) in [6.07, 6.45) is 0. The molecule has 1 aliphatic heterocycles. The number of aromatic nitrogens is 2. The van der Waals surface area contributed by atoms with Crippen molar-refractivity contribution in [3.63, 3.8) is 0 Å². The number of nitrogens with one attached hydrogen (secondary N) is 2. The van der Waals surface area contributed by atoms with E-state index in [4.69, 9.17) is 9.47 Å². The molecule has 2 heterocycles. The third-order valence-corrected chi connectivity index (χ3v) is 5.30. The Balaban J connectivity index is 1.43. The quantitative estimate of drug-likeness (QED) is 0.557. The number of aromatic amines is 1. The van der Waals surface area contributed by atoms with E-state index in [0.717, 1.165) is 0 Å². The van der Waals surface area contributed by atoms with Gasteiger partial charge in [-0.15, -0.1) is 10.2 Å². The van der Waals surface area contributed by atoms with Gasteiger partial charge < -0.3 is 9.47 Å². The first-order chi connectivity index (χ1) is 15.1. The van der Waals surface area contributed by atoms with Crippen LogP contribution in [0, 0.1) is 0 Å². The molecule has 158 valence electrons. The Hall–Kier alpha value is -3.86. The van der Waals surface area contributed by atoms with Crippen LogP contribution in [0.2, 0.25) is 0 Å². The van der Waals surface area contributed by atoms with Crippen LogP contribution in [0.5, 0.6) is 11.6 Å². The standard InChI is InChI=1S/C20H17N5O5S/c1-29-13-8-6-12(7-9-13)25-17(27)11-31-20(25)24-21-16(26)10-30-19-15-5-3-2-4-14(15)18(28)22-23-19/h2-9H,10-11H2,1H3,(H,21,26)(H,22,28)/b24-20-. The molecule has 31 heavy (non-hydrogen) atoms. The van der Waals surface area contributed by atoms with Crippen LogP contribution in [0.1, 0.15) is 0 Å². The maximum Gasteiger partial charge on any atom is 0.278 e. The number of thioether (sulfide) groups is 1. The molecule has 1 saturated heterocycles. The van der Waals surface area contributed by atoms with Gasteiger partial charge in [-0.3, -0.25) is 19.3 Å². The molecule has 0 unspecified atom stereocenters. The molecule has 0 saturated carbocycles. The highest BCUT2D eigenvalue weighted by molar-refractivity contribution is 8.15.